The quantitative estimate of drug-likeness (QED) is 0.792. The Morgan fingerprint density at radius 3 is 2.44 bits per heavy atom. The summed E-state index contributed by atoms with van der Waals surface area (Å²) in [5.74, 6) is -1.04. The van der Waals surface area contributed by atoms with E-state index in [-0.39, 0.29) is 5.52 Å². The minimum Gasteiger partial charge on any atom is -0.480 e. The van der Waals surface area contributed by atoms with Crippen LogP contribution < -0.4 is 11.2 Å². The molecule has 2 rings (SSSR count). The van der Waals surface area contributed by atoms with E-state index in [1.54, 1.807) is 13.1 Å². The molecule has 0 unspecified atom stereocenters. The molecular formula is C11H13N3O4. The average Bonchev–Trinajstić information content (AvgIpc) is 2.77. The Labute approximate surface area is 101 Å². The zero-order valence-corrected chi connectivity index (χ0v) is 10.2. The van der Waals surface area contributed by atoms with Gasteiger partial charge in [0.1, 0.15) is 11.6 Å². The van der Waals surface area contributed by atoms with Crippen molar-refractivity contribution in [1.82, 2.24) is 13.7 Å². The fraction of sp³-hybridized carbons (Fsp3) is 0.364. The van der Waals surface area contributed by atoms with Gasteiger partial charge in [0, 0.05) is 20.3 Å². The molecule has 7 heteroatoms. The van der Waals surface area contributed by atoms with Gasteiger partial charge < -0.3 is 9.67 Å². The fourth-order valence-electron chi connectivity index (χ4n) is 1.94. The van der Waals surface area contributed by atoms with Crippen LogP contribution in [0.15, 0.2) is 21.9 Å². The molecule has 96 valence electrons. The molecule has 0 aromatic carbocycles. The van der Waals surface area contributed by atoms with E-state index in [1.807, 2.05) is 0 Å². The second kappa shape index (κ2) is 3.86. The number of carbonyl (C=O) groups is 1. The molecule has 0 spiro atoms. The lowest BCUT2D eigenvalue weighted by Gasteiger charge is -2.11. The van der Waals surface area contributed by atoms with Crippen LogP contribution in [0, 0.1) is 0 Å². The summed E-state index contributed by atoms with van der Waals surface area (Å²) in [5, 5.41) is 9.00. The van der Waals surface area contributed by atoms with E-state index in [0.29, 0.717) is 5.52 Å². The summed E-state index contributed by atoms with van der Waals surface area (Å²) in [6, 6.07) is 0.699. The Morgan fingerprint density at radius 2 is 1.89 bits per heavy atom. The summed E-state index contributed by atoms with van der Waals surface area (Å²) in [5.41, 5.74) is -0.287. The average molecular weight is 251 g/mol. The Hall–Kier alpha value is -2.31. The molecule has 2 heterocycles. The van der Waals surface area contributed by atoms with Crippen LogP contribution in [0.3, 0.4) is 0 Å². The van der Waals surface area contributed by atoms with E-state index in [2.05, 4.69) is 0 Å². The van der Waals surface area contributed by atoms with Crippen molar-refractivity contribution in [3.63, 3.8) is 0 Å². The van der Waals surface area contributed by atoms with E-state index >= 15 is 0 Å². The van der Waals surface area contributed by atoms with Gasteiger partial charge in [0.2, 0.25) is 0 Å². The number of hydrogen-bond donors (Lipinski definition) is 1. The third kappa shape index (κ3) is 1.47. The number of rotatable bonds is 2. The molecule has 18 heavy (non-hydrogen) atoms. The van der Waals surface area contributed by atoms with Gasteiger partial charge in [-0.3, -0.25) is 13.9 Å². The van der Waals surface area contributed by atoms with Crippen molar-refractivity contribution in [3.8, 4) is 0 Å². The van der Waals surface area contributed by atoms with Crippen LogP contribution in [-0.4, -0.2) is 24.8 Å². The normalized spacial score (nSPS) is 12.8. The van der Waals surface area contributed by atoms with E-state index < -0.39 is 23.3 Å². The largest absolute Gasteiger partial charge is 0.480 e. The Morgan fingerprint density at radius 1 is 1.28 bits per heavy atom. The molecule has 0 aliphatic rings. The minimum absolute atomic E-state index is 0.217. The first-order valence-corrected chi connectivity index (χ1v) is 5.35. The summed E-state index contributed by atoms with van der Waals surface area (Å²) in [7, 11) is 2.91. The van der Waals surface area contributed by atoms with Crippen LogP contribution in [0.4, 0.5) is 0 Å². The maximum absolute atomic E-state index is 12.0. The van der Waals surface area contributed by atoms with E-state index in [4.69, 9.17) is 5.11 Å². The first-order chi connectivity index (χ1) is 8.36. The summed E-state index contributed by atoms with van der Waals surface area (Å²) in [4.78, 5) is 34.8. The van der Waals surface area contributed by atoms with Crippen LogP contribution in [0.1, 0.15) is 13.0 Å². The fourth-order valence-corrected chi connectivity index (χ4v) is 1.94. The van der Waals surface area contributed by atoms with Gasteiger partial charge in [-0.05, 0) is 13.0 Å². The molecule has 2 aromatic rings. The number of carboxylic acid groups (broad SMARTS) is 1. The van der Waals surface area contributed by atoms with E-state index in [9.17, 15) is 14.4 Å². The molecule has 0 saturated carbocycles. The molecule has 2 aromatic heterocycles. The van der Waals surface area contributed by atoms with Crippen molar-refractivity contribution < 1.29 is 9.90 Å². The second-order valence-electron chi connectivity index (χ2n) is 4.18. The van der Waals surface area contributed by atoms with Crippen molar-refractivity contribution in [1.29, 1.82) is 0 Å². The highest BCUT2D eigenvalue weighted by Crippen LogP contribution is 2.15. The molecule has 0 aliphatic heterocycles. The maximum Gasteiger partial charge on any atom is 0.331 e. The van der Waals surface area contributed by atoms with Crippen LogP contribution in [0.25, 0.3) is 11.0 Å². The molecule has 0 radical (unpaired) electrons. The van der Waals surface area contributed by atoms with E-state index in [0.717, 1.165) is 4.57 Å². The highest BCUT2D eigenvalue weighted by Gasteiger charge is 2.19. The van der Waals surface area contributed by atoms with Crippen molar-refractivity contribution in [2.24, 2.45) is 14.1 Å². The molecule has 7 nitrogen and oxygen atoms in total. The third-order valence-corrected chi connectivity index (χ3v) is 3.11. The Balaban J connectivity index is 2.95. The van der Waals surface area contributed by atoms with Gasteiger partial charge in [-0.2, -0.15) is 0 Å². The molecule has 0 bridgehead atoms. The van der Waals surface area contributed by atoms with Crippen LogP contribution >= 0.6 is 0 Å². The topological polar surface area (TPSA) is 86.2 Å². The highest BCUT2D eigenvalue weighted by atomic mass is 16.4. The summed E-state index contributed by atoms with van der Waals surface area (Å²) in [6.45, 7) is 1.48. The maximum atomic E-state index is 12.0. The second-order valence-corrected chi connectivity index (χ2v) is 4.18. The van der Waals surface area contributed by atoms with Gasteiger partial charge in [0.25, 0.3) is 5.56 Å². The number of aromatic nitrogens is 3. The number of aryl methyl sites for hydroxylation is 1. The zero-order valence-electron chi connectivity index (χ0n) is 10.2. The van der Waals surface area contributed by atoms with Crippen molar-refractivity contribution in [3.05, 3.63) is 33.1 Å². The van der Waals surface area contributed by atoms with Crippen molar-refractivity contribution in [2.45, 2.75) is 13.0 Å². The lowest BCUT2D eigenvalue weighted by molar-refractivity contribution is -0.140. The molecule has 0 amide bonds. The predicted octanol–water partition coefficient (Wildman–Crippen LogP) is -0.316. The number of nitrogens with zero attached hydrogens (tertiary/aromatic N) is 3. The molecule has 0 fully saturated rings. The lowest BCUT2D eigenvalue weighted by Crippen LogP contribution is -2.37. The number of carboxylic acids is 1. The van der Waals surface area contributed by atoms with Gasteiger partial charge in [-0.15, -0.1) is 0 Å². The SMILES string of the molecule is C[C@@H](C(=O)O)n1ccc2c1c(=O)n(C)c(=O)n2C. The Bertz CT molecular complexity index is 750. The standard InChI is InChI=1S/C11H13N3O4/c1-6(10(16)17)14-5-4-7-8(14)9(15)13(3)11(18)12(7)2/h4-6H,1-3H3,(H,16,17)/t6-/m0/s1. The van der Waals surface area contributed by atoms with Crippen molar-refractivity contribution >= 4 is 17.0 Å². The molecule has 0 saturated heterocycles. The summed E-state index contributed by atoms with van der Waals surface area (Å²) in [6.07, 6.45) is 1.50. The first-order valence-electron chi connectivity index (χ1n) is 5.35. The van der Waals surface area contributed by atoms with Crippen LogP contribution in [0.2, 0.25) is 0 Å². The summed E-state index contributed by atoms with van der Waals surface area (Å²) < 4.78 is 3.65. The van der Waals surface area contributed by atoms with Gasteiger partial charge >= 0.3 is 11.7 Å². The van der Waals surface area contributed by atoms with Crippen LogP contribution in [-0.2, 0) is 18.9 Å². The monoisotopic (exact) mass is 251 g/mol. The van der Waals surface area contributed by atoms with Gasteiger partial charge in [-0.1, -0.05) is 0 Å². The number of fused-ring (bicyclic) bond motifs is 1. The molecule has 1 N–H and O–H groups in total. The number of aliphatic carboxylic acids is 1. The van der Waals surface area contributed by atoms with Gasteiger partial charge in [-0.25, -0.2) is 9.59 Å². The highest BCUT2D eigenvalue weighted by molar-refractivity contribution is 5.79. The van der Waals surface area contributed by atoms with Crippen LogP contribution in [0.5, 0.6) is 0 Å². The van der Waals surface area contributed by atoms with Gasteiger partial charge in [0.15, 0.2) is 0 Å². The van der Waals surface area contributed by atoms with E-state index in [1.165, 1.54) is 29.3 Å². The molecule has 1 atom stereocenters. The minimum atomic E-state index is -1.04. The zero-order chi connectivity index (χ0) is 13.6. The molecular weight excluding hydrogens is 238 g/mol. The van der Waals surface area contributed by atoms with Crippen molar-refractivity contribution in [2.75, 3.05) is 0 Å². The first kappa shape index (κ1) is 12.2. The lowest BCUT2D eigenvalue weighted by atomic mass is 10.3. The Kier molecular flexibility index (Phi) is 2.61. The number of hydrogen-bond acceptors (Lipinski definition) is 3. The van der Waals surface area contributed by atoms with Gasteiger partial charge in [0.05, 0.1) is 5.52 Å². The third-order valence-electron chi connectivity index (χ3n) is 3.11. The smallest absolute Gasteiger partial charge is 0.331 e. The molecule has 0 aliphatic carbocycles. The summed E-state index contributed by atoms with van der Waals surface area (Å²) >= 11 is 0. The predicted molar refractivity (Wildman–Crippen MR) is 64.8 cm³/mol.